The number of carbonyl (C=O) groups is 1. The van der Waals surface area contributed by atoms with E-state index in [1.807, 2.05) is 24.3 Å². The van der Waals surface area contributed by atoms with Gasteiger partial charge in [0.2, 0.25) is 0 Å². The van der Waals surface area contributed by atoms with E-state index in [2.05, 4.69) is 30.2 Å². The Morgan fingerprint density at radius 1 is 1.23 bits per heavy atom. The monoisotopic (exact) mass is 350 g/mol. The lowest BCUT2D eigenvalue weighted by Gasteiger charge is -2.27. The zero-order valence-corrected chi connectivity index (χ0v) is 15.6. The van der Waals surface area contributed by atoms with Gasteiger partial charge < -0.3 is 9.64 Å². The molecule has 1 aromatic rings. The molecule has 0 unspecified atom stereocenters. The molecule has 0 saturated carbocycles. The highest BCUT2D eigenvalue weighted by atomic mass is 16.5. The third kappa shape index (κ3) is 5.10. The van der Waals surface area contributed by atoms with E-state index in [-0.39, 0.29) is 12.2 Å². The van der Waals surface area contributed by atoms with Crippen molar-refractivity contribution in [3.8, 4) is 6.07 Å². The Balaban J connectivity index is 2.22. The normalized spacial score (nSPS) is 14.9. The molecule has 1 aromatic carbocycles. The lowest BCUT2D eigenvalue weighted by molar-refractivity contribution is -0.138. The Kier molecular flexibility index (Phi) is 7.70. The summed E-state index contributed by atoms with van der Waals surface area (Å²) in [5, 5.41) is 9.16. The number of nitrogens with zero attached hydrogens (tertiary/aromatic N) is 2. The Morgan fingerprint density at radius 2 is 2.04 bits per heavy atom. The minimum absolute atomic E-state index is 0.00669. The molecule has 0 bridgehead atoms. The van der Waals surface area contributed by atoms with Gasteiger partial charge in [-0.15, -0.1) is 0 Å². The van der Waals surface area contributed by atoms with E-state index in [4.69, 9.17) is 10.00 Å². The molecule has 1 aliphatic rings. The minimum atomic E-state index is -0.586. The van der Waals surface area contributed by atoms with Crippen molar-refractivity contribution in [3.63, 3.8) is 0 Å². The van der Waals surface area contributed by atoms with E-state index in [1.165, 1.54) is 25.3 Å². The fraction of sp³-hybridized carbons (Fsp3) is 0.364. The van der Waals surface area contributed by atoms with E-state index >= 15 is 0 Å². The molecule has 0 N–H and O–H groups in total. The molecule has 0 aliphatic carbocycles. The zero-order valence-electron chi connectivity index (χ0n) is 15.6. The topological polar surface area (TPSA) is 53.3 Å². The number of para-hydroxylation sites is 1. The highest BCUT2D eigenvalue weighted by Crippen LogP contribution is 2.33. The number of hydrogen-bond acceptors (Lipinski definition) is 4. The number of ether oxygens (including phenoxy) is 1. The second-order valence-electron chi connectivity index (χ2n) is 6.12. The molecule has 26 heavy (non-hydrogen) atoms. The van der Waals surface area contributed by atoms with Gasteiger partial charge in [-0.2, -0.15) is 5.26 Å². The summed E-state index contributed by atoms with van der Waals surface area (Å²) in [6.07, 6.45) is 12.3. The van der Waals surface area contributed by atoms with Crippen LogP contribution in [0.15, 0.2) is 54.3 Å². The number of carbonyl (C=O) groups excluding carboxylic acids is 1. The van der Waals surface area contributed by atoms with Gasteiger partial charge in [0.25, 0.3) is 0 Å². The van der Waals surface area contributed by atoms with Crippen molar-refractivity contribution in [3.05, 3.63) is 59.8 Å². The Labute approximate surface area is 156 Å². The fourth-order valence-electron chi connectivity index (χ4n) is 2.89. The molecule has 0 saturated heterocycles. The van der Waals surface area contributed by atoms with Gasteiger partial charge in [0.05, 0.1) is 6.61 Å². The maximum absolute atomic E-state index is 11.7. The third-order valence-corrected chi connectivity index (χ3v) is 4.26. The SMILES string of the molecule is CCCCCCN1C=C/C(=C\C=C(\C#N)C(=O)OCC)c2ccccc21. The van der Waals surface area contributed by atoms with Gasteiger partial charge in [-0.3, -0.25) is 0 Å². The van der Waals surface area contributed by atoms with Gasteiger partial charge in [-0.05, 0) is 37.1 Å². The standard InChI is InChI=1S/C22H26N2O2/c1-3-5-6-9-15-24-16-14-18(20-10-7-8-11-21(20)24)12-13-19(17-23)22(25)26-4-2/h7-8,10-14,16H,3-6,9,15H2,1-2H3/b18-12+,19-13-. The number of anilines is 1. The van der Waals surface area contributed by atoms with Gasteiger partial charge in [0.1, 0.15) is 11.6 Å². The number of hydrogen-bond donors (Lipinski definition) is 0. The Morgan fingerprint density at radius 3 is 2.77 bits per heavy atom. The first-order valence-electron chi connectivity index (χ1n) is 9.24. The van der Waals surface area contributed by atoms with Crippen LogP contribution in [0.5, 0.6) is 0 Å². The average Bonchev–Trinajstić information content (AvgIpc) is 2.67. The lowest BCUT2D eigenvalue weighted by Crippen LogP contribution is -2.21. The number of esters is 1. The fourth-order valence-corrected chi connectivity index (χ4v) is 2.89. The smallest absolute Gasteiger partial charge is 0.348 e. The summed E-state index contributed by atoms with van der Waals surface area (Å²) >= 11 is 0. The molecule has 0 atom stereocenters. The van der Waals surface area contributed by atoms with Crippen LogP contribution in [0.2, 0.25) is 0 Å². The Hall–Kier alpha value is -2.80. The number of allylic oxidation sites excluding steroid dienone is 4. The zero-order chi connectivity index (χ0) is 18.8. The van der Waals surface area contributed by atoms with Crippen LogP contribution in [0, 0.1) is 11.3 Å². The Bertz CT molecular complexity index is 754. The van der Waals surface area contributed by atoms with Crippen molar-refractivity contribution >= 4 is 17.2 Å². The first kappa shape index (κ1) is 19.5. The number of nitriles is 1. The van der Waals surface area contributed by atoms with Gasteiger partial charge in [0, 0.05) is 24.0 Å². The van der Waals surface area contributed by atoms with Crippen molar-refractivity contribution in [2.75, 3.05) is 18.1 Å². The predicted molar refractivity (Wildman–Crippen MR) is 105 cm³/mol. The van der Waals surface area contributed by atoms with Crippen molar-refractivity contribution in [2.45, 2.75) is 39.5 Å². The van der Waals surface area contributed by atoms with E-state index in [0.717, 1.165) is 29.8 Å². The average molecular weight is 350 g/mol. The minimum Gasteiger partial charge on any atom is -0.462 e. The number of rotatable bonds is 8. The van der Waals surface area contributed by atoms with Gasteiger partial charge >= 0.3 is 5.97 Å². The van der Waals surface area contributed by atoms with Gasteiger partial charge in [-0.25, -0.2) is 4.79 Å². The molecule has 2 rings (SSSR count). The second kappa shape index (κ2) is 10.2. The summed E-state index contributed by atoms with van der Waals surface area (Å²) in [4.78, 5) is 14.0. The first-order chi connectivity index (χ1) is 12.7. The third-order valence-electron chi connectivity index (χ3n) is 4.26. The summed E-state index contributed by atoms with van der Waals surface area (Å²) in [6, 6.07) is 10.1. The van der Waals surface area contributed by atoms with Crippen LogP contribution in [-0.2, 0) is 9.53 Å². The summed E-state index contributed by atoms with van der Waals surface area (Å²) < 4.78 is 4.90. The maximum atomic E-state index is 11.7. The van der Waals surface area contributed by atoms with Crippen LogP contribution >= 0.6 is 0 Å². The molecular weight excluding hydrogens is 324 g/mol. The first-order valence-corrected chi connectivity index (χ1v) is 9.24. The van der Waals surface area contributed by atoms with Gasteiger partial charge in [-0.1, -0.05) is 50.5 Å². The van der Waals surface area contributed by atoms with E-state index in [0.29, 0.717) is 0 Å². The summed E-state index contributed by atoms with van der Waals surface area (Å²) in [5.74, 6) is -0.586. The van der Waals surface area contributed by atoms with Crippen LogP contribution < -0.4 is 4.90 Å². The molecule has 0 radical (unpaired) electrons. The van der Waals surface area contributed by atoms with Crippen molar-refractivity contribution in [1.82, 2.24) is 0 Å². The van der Waals surface area contributed by atoms with Crippen LogP contribution in [0.3, 0.4) is 0 Å². The van der Waals surface area contributed by atoms with Gasteiger partial charge in [0.15, 0.2) is 0 Å². The van der Waals surface area contributed by atoms with Crippen molar-refractivity contribution in [2.24, 2.45) is 0 Å². The largest absolute Gasteiger partial charge is 0.462 e. The highest BCUT2D eigenvalue weighted by molar-refractivity contribution is 5.94. The summed E-state index contributed by atoms with van der Waals surface area (Å²) in [6.45, 7) is 5.18. The molecule has 0 fully saturated rings. The molecule has 136 valence electrons. The molecule has 4 nitrogen and oxygen atoms in total. The van der Waals surface area contributed by atoms with E-state index in [1.54, 1.807) is 13.0 Å². The second-order valence-corrected chi connectivity index (χ2v) is 6.12. The number of fused-ring (bicyclic) bond motifs is 1. The van der Waals surface area contributed by atoms with E-state index in [9.17, 15) is 4.79 Å². The highest BCUT2D eigenvalue weighted by Gasteiger charge is 2.15. The van der Waals surface area contributed by atoms with Crippen LogP contribution in [-0.4, -0.2) is 19.1 Å². The van der Waals surface area contributed by atoms with E-state index < -0.39 is 5.97 Å². The molecule has 0 spiro atoms. The molecule has 1 aliphatic heterocycles. The van der Waals surface area contributed by atoms with Crippen molar-refractivity contribution in [1.29, 1.82) is 5.26 Å². The van der Waals surface area contributed by atoms with Crippen LogP contribution in [0.4, 0.5) is 5.69 Å². The maximum Gasteiger partial charge on any atom is 0.348 e. The molecule has 4 heteroatoms. The summed E-state index contributed by atoms with van der Waals surface area (Å²) in [7, 11) is 0. The molecule has 0 amide bonds. The van der Waals surface area contributed by atoms with Crippen molar-refractivity contribution < 1.29 is 9.53 Å². The molecule has 0 aromatic heterocycles. The predicted octanol–water partition coefficient (Wildman–Crippen LogP) is 5.00. The van der Waals surface area contributed by atoms with Crippen LogP contribution in [0.1, 0.15) is 45.1 Å². The quantitative estimate of drug-likeness (QED) is 0.287. The molecule has 1 heterocycles. The number of unbranched alkanes of at least 4 members (excludes halogenated alkanes) is 3. The van der Waals surface area contributed by atoms with Crippen LogP contribution in [0.25, 0.3) is 5.57 Å². The molecular formula is C22H26N2O2. The summed E-state index contributed by atoms with van der Waals surface area (Å²) in [5.41, 5.74) is 3.23. The number of benzene rings is 1. The lowest BCUT2D eigenvalue weighted by atomic mass is 9.98.